The molecule has 2 aromatic carbocycles. The van der Waals surface area contributed by atoms with E-state index < -0.39 is 0 Å². The first-order chi connectivity index (χ1) is 6.97. The normalized spacial score (nSPS) is 7.62. The second-order valence-electron chi connectivity index (χ2n) is 2.55. The van der Waals surface area contributed by atoms with Crippen LogP contribution >= 0.6 is 0 Å². The Morgan fingerprint density at radius 1 is 0.750 bits per heavy atom. The van der Waals surface area contributed by atoms with E-state index in [-0.39, 0.29) is 39.5 Å². The van der Waals surface area contributed by atoms with Gasteiger partial charge in [0.2, 0.25) is 0 Å². The fourth-order valence-electron chi connectivity index (χ4n) is 1.12. The third-order valence-corrected chi connectivity index (χ3v) is 1.71. The molecule has 0 amide bonds. The van der Waals surface area contributed by atoms with Gasteiger partial charge in [-0.3, -0.25) is 0 Å². The number of rotatable bonds is 1. The molecule has 77 valence electrons. The molecule has 0 N–H and O–H groups in total. The Morgan fingerprint density at radius 2 is 1.12 bits per heavy atom. The van der Waals surface area contributed by atoms with Crippen LogP contribution in [-0.4, -0.2) is 8.41 Å². The van der Waals surface area contributed by atoms with Crippen molar-refractivity contribution in [3.8, 4) is 11.1 Å². The Morgan fingerprint density at radius 3 is 1.38 bits per heavy atom. The van der Waals surface area contributed by atoms with Gasteiger partial charge in [0.1, 0.15) is 0 Å². The molecule has 0 aliphatic carbocycles. The average Bonchev–Trinajstić information content (AvgIpc) is 2.34. The smallest absolute Gasteiger partial charge is 0.226 e. The van der Waals surface area contributed by atoms with Crippen molar-refractivity contribution in [3.05, 3.63) is 60.7 Å². The predicted molar refractivity (Wildman–Crippen MR) is 66.7 cm³/mol. The van der Waals surface area contributed by atoms with Gasteiger partial charge in [-0.1, -0.05) is 13.8 Å². The molecule has 16 heavy (non-hydrogen) atoms. The van der Waals surface area contributed by atoms with E-state index in [9.17, 15) is 0 Å². The maximum atomic E-state index is 3.15. The van der Waals surface area contributed by atoms with E-state index in [1.54, 1.807) is 0 Å². The molecule has 0 nitrogen and oxygen atoms in total. The quantitative estimate of drug-likeness (QED) is 0.479. The van der Waals surface area contributed by atoms with Gasteiger partial charge in [0.05, 0.1) is 0 Å². The second kappa shape index (κ2) is 11.1. The van der Waals surface area contributed by atoms with E-state index >= 15 is 0 Å². The van der Waals surface area contributed by atoms with Gasteiger partial charge in [-0.25, -0.2) is 11.1 Å². The van der Waals surface area contributed by atoms with Crippen molar-refractivity contribution in [3.63, 3.8) is 0 Å². The topological polar surface area (TPSA) is 0 Å². The Balaban J connectivity index is 0. The van der Waals surface area contributed by atoms with Crippen molar-refractivity contribution >= 4 is 8.41 Å². The summed E-state index contributed by atoms with van der Waals surface area (Å²) in [5.74, 6) is 0. The molecule has 0 aliphatic heterocycles. The van der Waals surface area contributed by atoms with E-state index in [1.165, 1.54) is 0 Å². The van der Waals surface area contributed by atoms with Crippen molar-refractivity contribution in [1.29, 1.82) is 0 Å². The van der Waals surface area contributed by atoms with Crippen molar-refractivity contribution in [1.82, 2.24) is 0 Å². The van der Waals surface area contributed by atoms with Gasteiger partial charge in [-0.05, 0) is 0 Å². The van der Waals surface area contributed by atoms with Crippen LogP contribution in [0.15, 0.2) is 48.5 Å². The van der Waals surface area contributed by atoms with Crippen LogP contribution in [0.3, 0.4) is 0 Å². The number of hydrogen-bond acceptors (Lipinski definition) is 0. The summed E-state index contributed by atoms with van der Waals surface area (Å²) >= 11 is 0. The van der Waals surface area contributed by atoms with Gasteiger partial charge in [-0.15, -0.1) is 12.1 Å². The summed E-state index contributed by atoms with van der Waals surface area (Å²) in [6, 6.07) is 22.1. The molecule has 0 aromatic heterocycles. The Kier molecular flexibility index (Phi) is 12.4. The van der Waals surface area contributed by atoms with Crippen LogP contribution in [-0.2, 0) is 0 Å². The molecule has 0 fully saturated rings. The number of hydrogen-bond donors (Lipinski definition) is 0. The molecule has 0 bridgehead atoms. The van der Waals surface area contributed by atoms with Crippen LogP contribution in [0, 0.1) is 43.2 Å². The van der Waals surface area contributed by atoms with Crippen molar-refractivity contribution in [2.45, 2.75) is 13.8 Å². The standard InChI is InChI=1S/C12H8.C2H6.B.U/c1-3-7-11(8-4-1)12-9-5-2-6-10-12;1-2;;/h1-7,9H;1-2H3;;/q-2;;;+2. The maximum absolute atomic E-state index is 3.15. The molecule has 0 saturated heterocycles. The van der Waals surface area contributed by atoms with Crippen molar-refractivity contribution in [2.24, 2.45) is 0 Å². The first-order valence-electron chi connectivity index (χ1n) is 4.90. The summed E-state index contributed by atoms with van der Waals surface area (Å²) in [5, 5.41) is 0. The SMILES string of the molecule is CC.[B].[U+2].[c-]1ccccc1-c1[c-]cccc1. The largest absolute Gasteiger partial charge is 2.00 e. The zero-order valence-electron chi connectivity index (χ0n) is 9.70. The third-order valence-electron chi connectivity index (χ3n) is 1.71. The summed E-state index contributed by atoms with van der Waals surface area (Å²) in [6.07, 6.45) is 0. The molecular formula is C14H14BU. The predicted octanol–water partition coefficient (Wildman–Crippen LogP) is 3.60. The van der Waals surface area contributed by atoms with Gasteiger partial charge in [0.25, 0.3) is 0 Å². The van der Waals surface area contributed by atoms with E-state index in [0.29, 0.717) is 0 Å². The Hall–Kier alpha value is -0.443. The molecule has 2 aromatic rings. The molecule has 0 atom stereocenters. The minimum Gasteiger partial charge on any atom is -0.226 e. The molecule has 0 heterocycles. The van der Waals surface area contributed by atoms with E-state index in [2.05, 4.69) is 12.1 Å². The molecule has 0 spiro atoms. The first kappa shape index (κ1) is 17.9. The van der Waals surface area contributed by atoms with E-state index in [0.717, 1.165) is 11.1 Å². The van der Waals surface area contributed by atoms with E-state index in [1.807, 2.05) is 62.4 Å². The van der Waals surface area contributed by atoms with Gasteiger partial charge in [0.15, 0.2) is 0 Å². The molecule has 0 aliphatic rings. The molecule has 3 radical (unpaired) electrons. The summed E-state index contributed by atoms with van der Waals surface area (Å²) in [4.78, 5) is 0. The van der Waals surface area contributed by atoms with Gasteiger partial charge >= 0.3 is 31.1 Å². The molecule has 0 saturated carbocycles. The van der Waals surface area contributed by atoms with Crippen LogP contribution in [0.5, 0.6) is 0 Å². The summed E-state index contributed by atoms with van der Waals surface area (Å²) in [5.41, 5.74) is 2.19. The van der Waals surface area contributed by atoms with Gasteiger partial charge < -0.3 is 0 Å². The first-order valence-corrected chi connectivity index (χ1v) is 4.90. The van der Waals surface area contributed by atoms with Gasteiger partial charge in [0, 0.05) is 8.41 Å². The molecule has 0 unspecified atom stereocenters. The fourth-order valence-corrected chi connectivity index (χ4v) is 1.12. The van der Waals surface area contributed by atoms with Crippen molar-refractivity contribution in [2.75, 3.05) is 0 Å². The fraction of sp³-hybridized carbons (Fsp3) is 0.143. The second-order valence-corrected chi connectivity index (χ2v) is 2.55. The summed E-state index contributed by atoms with van der Waals surface area (Å²) in [6.45, 7) is 4.00. The Bertz CT molecular complexity index is 308. The van der Waals surface area contributed by atoms with Crippen LogP contribution in [0.25, 0.3) is 11.1 Å². The van der Waals surface area contributed by atoms with Crippen molar-refractivity contribution < 1.29 is 31.1 Å². The van der Waals surface area contributed by atoms with Gasteiger partial charge in [-0.2, -0.15) is 48.5 Å². The maximum Gasteiger partial charge on any atom is 2.00 e. The summed E-state index contributed by atoms with van der Waals surface area (Å²) in [7, 11) is 0. The zero-order valence-corrected chi connectivity index (χ0v) is 13.9. The molecular weight excluding hydrogens is 417 g/mol. The molecule has 2 heteroatoms. The third kappa shape index (κ3) is 5.59. The summed E-state index contributed by atoms with van der Waals surface area (Å²) < 4.78 is 0. The minimum atomic E-state index is 0. The minimum absolute atomic E-state index is 0. The van der Waals surface area contributed by atoms with Crippen LogP contribution in [0.4, 0.5) is 0 Å². The Labute approximate surface area is 124 Å². The zero-order chi connectivity index (χ0) is 10.2. The van der Waals surface area contributed by atoms with Crippen LogP contribution in [0.1, 0.15) is 13.8 Å². The van der Waals surface area contributed by atoms with E-state index in [4.69, 9.17) is 0 Å². The van der Waals surface area contributed by atoms with Crippen LogP contribution in [0.2, 0.25) is 0 Å². The van der Waals surface area contributed by atoms with Crippen LogP contribution < -0.4 is 0 Å². The number of benzene rings is 2. The monoisotopic (exact) mass is 431 g/mol. The molecule has 2 rings (SSSR count). The average molecular weight is 431 g/mol.